The number of carboxylic acid groups (broad SMARTS) is 1. The number of rotatable bonds is 2. The number of halogens is 5. The van der Waals surface area contributed by atoms with Gasteiger partial charge in [0.1, 0.15) is 0 Å². The van der Waals surface area contributed by atoms with Gasteiger partial charge in [0, 0.05) is 11.1 Å². The minimum absolute atomic E-state index is 0.0397. The molecule has 0 saturated heterocycles. The van der Waals surface area contributed by atoms with Crippen molar-refractivity contribution in [2.75, 3.05) is 0 Å². The van der Waals surface area contributed by atoms with E-state index in [1.54, 1.807) is 6.92 Å². The molecule has 0 amide bonds. The molecule has 0 atom stereocenters. The van der Waals surface area contributed by atoms with Crippen LogP contribution in [0.15, 0.2) is 5.57 Å². The van der Waals surface area contributed by atoms with E-state index in [9.17, 15) is 4.79 Å². The van der Waals surface area contributed by atoms with Crippen LogP contribution in [0.3, 0.4) is 0 Å². The second-order valence-corrected chi connectivity index (χ2v) is 5.39. The van der Waals surface area contributed by atoms with E-state index >= 15 is 0 Å². The Labute approximate surface area is 129 Å². The topological polar surface area (TPSA) is 37.3 Å². The lowest BCUT2D eigenvalue weighted by atomic mass is 10.0. The smallest absolute Gasteiger partial charge is 0.331 e. The van der Waals surface area contributed by atoms with Gasteiger partial charge in [-0.15, -0.1) is 0 Å². The fourth-order valence-electron chi connectivity index (χ4n) is 1.28. The van der Waals surface area contributed by atoms with Gasteiger partial charge in [-0.2, -0.15) is 0 Å². The van der Waals surface area contributed by atoms with E-state index < -0.39 is 5.97 Å². The maximum atomic E-state index is 10.9. The molecular weight excluding hydrogens is 341 g/mol. The van der Waals surface area contributed by atoms with Gasteiger partial charge >= 0.3 is 5.97 Å². The molecule has 0 unspecified atom stereocenters. The first-order valence-electron chi connectivity index (χ1n) is 4.62. The fourth-order valence-corrected chi connectivity index (χ4v) is 2.70. The van der Waals surface area contributed by atoms with E-state index in [1.807, 2.05) is 0 Å². The normalized spacial score (nSPS) is 12.4. The van der Waals surface area contributed by atoms with Crippen LogP contribution in [0.4, 0.5) is 0 Å². The molecule has 1 aromatic carbocycles. The van der Waals surface area contributed by atoms with Gasteiger partial charge in [-0.25, -0.2) is 4.79 Å². The van der Waals surface area contributed by atoms with Crippen molar-refractivity contribution in [1.29, 1.82) is 0 Å². The number of hydrogen-bond acceptors (Lipinski definition) is 1. The zero-order valence-electron chi connectivity index (χ0n) is 9.25. The Balaban J connectivity index is 3.73. The van der Waals surface area contributed by atoms with Crippen molar-refractivity contribution >= 4 is 69.5 Å². The van der Waals surface area contributed by atoms with Crippen LogP contribution in [0.25, 0.3) is 5.57 Å². The first-order chi connectivity index (χ1) is 8.20. The van der Waals surface area contributed by atoms with Crippen molar-refractivity contribution in [2.24, 2.45) is 0 Å². The lowest BCUT2D eigenvalue weighted by Gasteiger charge is -2.14. The zero-order chi connectivity index (χ0) is 14.2. The van der Waals surface area contributed by atoms with Crippen molar-refractivity contribution in [2.45, 2.75) is 13.8 Å². The van der Waals surface area contributed by atoms with Crippen LogP contribution >= 0.6 is 58.0 Å². The molecule has 0 aliphatic heterocycles. The Bertz CT molecular complexity index is 534. The maximum absolute atomic E-state index is 10.9. The summed E-state index contributed by atoms with van der Waals surface area (Å²) >= 11 is 29.7. The molecule has 2 nitrogen and oxygen atoms in total. The highest BCUT2D eigenvalue weighted by Gasteiger charge is 2.22. The Morgan fingerprint density at radius 2 is 1.17 bits per heavy atom. The number of benzene rings is 1. The third-order valence-electron chi connectivity index (χ3n) is 2.47. The summed E-state index contributed by atoms with van der Waals surface area (Å²) in [4.78, 5) is 10.9. The average Bonchev–Trinajstić information content (AvgIpc) is 2.32. The van der Waals surface area contributed by atoms with E-state index in [-0.39, 0.29) is 36.2 Å². The molecule has 18 heavy (non-hydrogen) atoms. The number of hydrogen-bond donors (Lipinski definition) is 1. The predicted octanol–water partition coefficient (Wildman–Crippen LogP) is 5.83. The van der Waals surface area contributed by atoms with Crippen LogP contribution in [0, 0.1) is 0 Å². The van der Waals surface area contributed by atoms with Gasteiger partial charge in [-0.1, -0.05) is 58.0 Å². The molecule has 0 spiro atoms. The van der Waals surface area contributed by atoms with Gasteiger partial charge < -0.3 is 5.11 Å². The molecule has 98 valence electrons. The van der Waals surface area contributed by atoms with Crippen LogP contribution < -0.4 is 0 Å². The zero-order valence-corrected chi connectivity index (χ0v) is 13.0. The number of carbonyl (C=O) groups is 1. The summed E-state index contributed by atoms with van der Waals surface area (Å²) in [5, 5.41) is 9.23. The highest BCUT2D eigenvalue weighted by molar-refractivity contribution is 6.55. The molecule has 0 heterocycles. The largest absolute Gasteiger partial charge is 0.478 e. The molecule has 7 heteroatoms. The molecule has 1 aromatic rings. The van der Waals surface area contributed by atoms with Crippen LogP contribution in [-0.2, 0) is 4.79 Å². The quantitative estimate of drug-likeness (QED) is 0.415. The predicted molar refractivity (Wildman–Crippen MR) is 77.4 cm³/mol. The van der Waals surface area contributed by atoms with E-state index in [4.69, 9.17) is 63.1 Å². The summed E-state index contributed by atoms with van der Waals surface area (Å²) in [7, 11) is 0. The van der Waals surface area contributed by atoms with Gasteiger partial charge in [0.2, 0.25) is 0 Å². The monoisotopic (exact) mass is 346 g/mol. The van der Waals surface area contributed by atoms with Crippen LogP contribution in [0.2, 0.25) is 25.1 Å². The van der Waals surface area contributed by atoms with Gasteiger partial charge in [-0.05, 0) is 19.4 Å². The first-order valence-corrected chi connectivity index (χ1v) is 6.51. The summed E-state index contributed by atoms with van der Waals surface area (Å²) in [6, 6.07) is 0. The summed E-state index contributed by atoms with van der Waals surface area (Å²) in [5.74, 6) is -1.08. The Hall–Kier alpha value is -0.120. The van der Waals surface area contributed by atoms with Crippen molar-refractivity contribution in [3.8, 4) is 0 Å². The second kappa shape index (κ2) is 5.89. The van der Waals surface area contributed by atoms with E-state index in [1.165, 1.54) is 6.92 Å². The molecule has 1 N–H and O–H groups in total. The van der Waals surface area contributed by atoms with Crippen LogP contribution in [-0.4, -0.2) is 11.1 Å². The van der Waals surface area contributed by atoms with Gasteiger partial charge in [-0.3, -0.25) is 0 Å². The lowest BCUT2D eigenvalue weighted by molar-refractivity contribution is -0.132. The second-order valence-electron chi connectivity index (χ2n) is 3.50. The molecule has 0 saturated carbocycles. The highest BCUT2D eigenvalue weighted by Crippen LogP contribution is 2.46. The molecular formula is C11H7Cl5O2. The fraction of sp³-hybridized carbons (Fsp3) is 0.182. The minimum atomic E-state index is -1.08. The lowest BCUT2D eigenvalue weighted by Crippen LogP contribution is -2.00. The van der Waals surface area contributed by atoms with Gasteiger partial charge in [0.25, 0.3) is 0 Å². The third-order valence-corrected chi connectivity index (χ3v) is 4.74. The SMILES string of the molecule is C/C(C(=O)O)=C(/C)c1c(Cl)c(Cl)c(Cl)c(Cl)c1Cl. The molecule has 0 bridgehead atoms. The molecule has 1 rings (SSSR count). The molecule has 0 aliphatic rings. The van der Waals surface area contributed by atoms with E-state index in [2.05, 4.69) is 0 Å². The summed E-state index contributed by atoms with van der Waals surface area (Å²) in [6.45, 7) is 3.00. The molecule has 0 aliphatic carbocycles. The Morgan fingerprint density at radius 1 is 0.833 bits per heavy atom. The number of carboxylic acids is 1. The van der Waals surface area contributed by atoms with E-state index in [0.29, 0.717) is 5.57 Å². The van der Waals surface area contributed by atoms with Gasteiger partial charge in [0.15, 0.2) is 0 Å². The maximum Gasteiger partial charge on any atom is 0.331 e. The summed E-state index contributed by atoms with van der Waals surface area (Å²) < 4.78 is 0. The molecule has 0 radical (unpaired) electrons. The van der Waals surface area contributed by atoms with Gasteiger partial charge in [0.05, 0.1) is 25.1 Å². The standard InChI is InChI=1S/C11H7Cl5O2/c1-3(4(2)11(17)18)5-6(12)8(14)10(16)9(15)7(5)13/h1-2H3,(H,17,18)/b4-3+. The minimum Gasteiger partial charge on any atom is -0.478 e. The first kappa shape index (κ1) is 15.9. The molecule has 0 fully saturated rings. The Morgan fingerprint density at radius 3 is 1.50 bits per heavy atom. The third kappa shape index (κ3) is 2.73. The number of aliphatic carboxylic acids is 1. The number of allylic oxidation sites excluding steroid dienone is 1. The van der Waals surface area contributed by atoms with Crippen molar-refractivity contribution in [3.05, 3.63) is 36.2 Å². The average molecular weight is 348 g/mol. The van der Waals surface area contributed by atoms with Crippen molar-refractivity contribution < 1.29 is 9.90 Å². The van der Waals surface area contributed by atoms with Crippen molar-refractivity contribution in [3.63, 3.8) is 0 Å². The molecule has 0 aromatic heterocycles. The van der Waals surface area contributed by atoms with E-state index in [0.717, 1.165) is 0 Å². The summed E-state index contributed by atoms with van der Waals surface area (Å²) in [5.41, 5.74) is 0.740. The summed E-state index contributed by atoms with van der Waals surface area (Å²) in [6.07, 6.45) is 0. The highest BCUT2D eigenvalue weighted by atomic mass is 35.5. The van der Waals surface area contributed by atoms with Crippen LogP contribution in [0.1, 0.15) is 19.4 Å². The Kier molecular flexibility index (Phi) is 5.22. The van der Waals surface area contributed by atoms with Crippen LogP contribution in [0.5, 0.6) is 0 Å². The van der Waals surface area contributed by atoms with Crippen molar-refractivity contribution in [1.82, 2.24) is 0 Å².